The Morgan fingerprint density at radius 2 is 1.96 bits per heavy atom. The molecule has 2 N–H and O–H groups in total. The highest BCUT2D eigenvalue weighted by atomic mass is 127. The molecule has 0 amide bonds. The first-order chi connectivity index (χ1) is 11.3. The van der Waals surface area contributed by atoms with E-state index in [9.17, 15) is 0 Å². The molecule has 3 rings (SSSR count). The average molecular weight is 439 g/mol. The van der Waals surface area contributed by atoms with Gasteiger partial charge in [-0.05, 0) is 32.0 Å². The van der Waals surface area contributed by atoms with Crippen LogP contribution in [-0.2, 0) is 13.1 Å². The van der Waals surface area contributed by atoms with Crippen molar-refractivity contribution in [3.8, 4) is 0 Å². The SMILES string of the molecule is CCNC(=NCc1ccco1)NCc1oc2ccccc2c1C.I. The van der Waals surface area contributed by atoms with Crippen LogP contribution >= 0.6 is 24.0 Å². The maximum absolute atomic E-state index is 5.91. The number of para-hydroxylation sites is 1. The molecule has 1 aromatic carbocycles. The van der Waals surface area contributed by atoms with Gasteiger partial charge in [0.15, 0.2) is 5.96 Å². The summed E-state index contributed by atoms with van der Waals surface area (Å²) < 4.78 is 11.2. The molecule has 0 unspecified atom stereocenters. The van der Waals surface area contributed by atoms with Crippen LogP contribution < -0.4 is 10.6 Å². The molecule has 3 aromatic rings. The minimum atomic E-state index is 0. The number of nitrogens with one attached hydrogen (secondary N) is 2. The van der Waals surface area contributed by atoms with Gasteiger partial charge in [0.1, 0.15) is 23.6 Å². The fourth-order valence-electron chi connectivity index (χ4n) is 2.46. The van der Waals surface area contributed by atoms with Gasteiger partial charge in [0, 0.05) is 17.5 Å². The van der Waals surface area contributed by atoms with Crippen LogP contribution in [0, 0.1) is 6.92 Å². The number of hydrogen-bond acceptors (Lipinski definition) is 3. The average Bonchev–Trinajstić information content (AvgIpc) is 3.19. The lowest BCUT2D eigenvalue weighted by Gasteiger charge is -2.10. The maximum Gasteiger partial charge on any atom is 0.192 e. The van der Waals surface area contributed by atoms with Crippen molar-refractivity contribution < 1.29 is 8.83 Å². The molecular weight excluding hydrogens is 417 g/mol. The number of nitrogens with zero attached hydrogens (tertiary/aromatic N) is 1. The summed E-state index contributed by atoms with van der Waals surface area (Å²) in [5, 5.41) is 7.68. The lowest BCUT2D eigenvalue weighted by molar-refractivity contribution is 0.511. The van der Waals surface area contributed by atoms with Crippen molar-refractivity contribution in [1.29, 1.82) is 0 Å². The van der Waals surface area contributed by atoms with E-state index in [0.717, 1.165) is 40.6 Å². The quantitative estimate of drug-likeness (QED) is 0.355. The van der Waals surface area contributed by atoms with E-state index in [1.165, 1.54) is 0 Å². The summed E-state index contributed by atoms with van der Waals surface area (Å²) in [6.45, 7) is 6.00. The first kappa shape index (κ1) is 18.4. The molecule has 5 nitrogen and oxygen atoms in total. The van der Waals surface area contributed by atoms with Gasteiger partial charge >= 0.3 is 0 Å². The fourth-order valence-corrected chi connectivity index (χ4v) is 2.46. The molecule has 0 saturated heterocycles. The number of hydrogen-bond donors (Lipinski definition) is 2. The van der Waals surface area contributed by atoms with Gasteiger partial charge < -0.3 is 19.5 Å². The van der Waals surface area contributed by atoms with Gasteiger partial charge in [-0.15, -0.1) is 24.0 Å². The van der Waals surface area contributed by atoms with Crippen LogP contribution in [0.15, 0.2) is 56.5 Å². The zero-order valence-corrected chi connectivity index (χ0v) is 16.2. The van der Waals surface area contributed by atoms with E-state index >= 15 is 0 Å². The zero-order chi connectivity index (χ0) is 16.1. The normalized spacial score (nSPS) is 11.3. The number of benzene rings is 1. The van der Waals surface area contributed by atoms with Crippen LogP contribution in [0.25, 0.3) is 11.0 Å². The van der Waals surface area contributed by atoms with E-state index in [1.807, 2.05) is 37.3 Å². The summed E-state index contributed by atoms with van der Waals surface area (Å²) >= 11 is 0. The van der Waals surface area contributed by atoms with Crippen molar-refractivity contribution in [3.63, 3.8) is 0 Å². The molecule has 6 heteroatoms. The van der Waals surface area contributed by atoms with E-state index < -0.39 is 0 Å². The molecule has 0 aliphatic carbocycles. The molecule has 0 bridgehead atoms. The maximum atomic E-state index is 5.91. The van der Waals surface area contributed by atoms with Gasteiger partial charge in [-0.25, -0.2) is 4.99 Å². The summed E-state index contributed by atoms with van der Waals surface area (Å²) in [5.41, 5.74) is 2.08. The van der Waals surface area contributed by atoms with E-state index in [2.05, 4.69) is 28.6 Å². The van der Waals surface area contributed by atoms with Crippen molar-refractivity contribution in [2.75, 3.05) is 6.54 Å². The van der Waals surface area contributed by atoms with Crippen molar-refractivity contribution >= 4 is 40.9 Å². The molecule has 128 valence electrons. The van der Waals surface area contributed by atoms with E-state index in [1.54, 1.807) is 6.26 Å². The van der Waals surface area contributed by atoms with Crippen molar-refractivity contribution in [2.24, 2.45) is 4.99 Å². The Bertz CT molecular complexity index is 794. The Hall–Kier alpha value is -1.96. The van der Waals surface area contributed by atoms with Gasteiger partial charge in [0.25, 0.3) is 0 Å². The van der Waals surface area contributed by atoms with Crippen molar-refractivity contribution in [3.05, 3.63) is 59.7 Å². The predicted octanol–water partition coefficient (Wildman–Crippen LogP) is 4.21. The minimum absolute atomic E-state index is 0. The molecule has 24 heavy (non-hydrogen) atoms. The lowest BCUT2D eigenvalue weighted by atomic mass is 10.1. The number of halogens is 1. The molecule has 2 aromatic heterocycles. The number of guanidine groups is 1. The molecule has 0 fully saturated rings. The Morgan fingerprint density at radius 3 is 2.67 bits per heavy atom. The number of fused-ring (bicyclic) bond motifs is 1. The summed E-state index contributed by atoms with van der Waals surface area (Å²) in [6, 6.07) is 11.9. The molecular formula is C18H22IN3O2. The van der Waals surface area contributed by atoms with Gasteiger partial charge in [0.05, 0.1) is 12.8 Å². The lowest BCUT2D eigenvalue weighted by Crippen LogP contribution is -2.36. The van der Waals surface area contributed by atoms with Crippen LogP contribution in [0.5, 0.6) is 0 Å². The first-order valence-corrected chi connectivity index (χ1v) is 7.79. The highest BCUT2D eigenvalue weighted by Gasteiger charge is 2.10. The predicted molar refractivity (Wildman–Crippen MR) is 107 cm³/mol. The highest BCUT2D eigenvalue weighted by Crippen LogP contribution is 2.24. The van der Waals surface area contributed by atoms with Gasteiger partial charge in [-0.3, -0.25) is 0 Å². The number of aliphatic imine (C=N–C) groups is 1. The Morgan fingerprint density at radius 1 is 1.12 bits per heavy atom. The van der Waals surface area contributed by atoms with Crippen LogP contribution in [0.1, 0.15) is 24.0 Å². The smallest absolute Gasteiger partial charge is 0.192 e. The van der Waals surface area contributed by atoms with Gasteiger partial charge in [-0.1, -0.05) is 18.2 Å². The molecule has 0 radical (unpaired) electrons. The minimum Gasteiger partial charge on any atom is -0.467 e. The molecule has 0 aliphatic rings. The Labute approximate surface area is 158 Å². The standard InChI is InChI=1S/C18H21N3O2.HI/c1-3-19-18(20-11-14-7-6-10-22-14)21-12-17-13(2)15-8-4-5-9-16(15)23-17;/h4-10H,3,11-12H2,1-2H3,(H2,19,20,21);1H. The molecule has 2 heterocycles. The summed E-state index contributed by atoms with van der Waals surface area (Å²) in [6.07, 6.45) is 1.66. The highest BCUT2D eigenvalue weighted by molar-refractivity contribution is 14.0. The van der Waals surface area contributed by atoms with Gasteiger partial charge in [-0.2, -0.15) is 0 Å². The Kier molecular flexibility index (Phi) is 6.72. The summed E-state index contributed by atoms with van der Waals surface area (Å²) in [4.78, 5) is 4.51. The summed E-state index contributed by atoms with van der Waals surface area (Å²) in [7, 11) is 0. The Balaban J connectivity index is 0.00000208. The molecule has 0 spiro atoms. The summed E-state index contributed by atoms with van der Waals surface area (Å²) in [5.74, 6) is 2.50. The first-order valence-electron chi connectivity index (χ1n) is 7.79. The van der Waals surface area contributed by atoms with Crippen LogP contribution in [0.2, 0.25) is 0 Å². The molecule has 0 atom stereocenters. The third kappa shape index (κ3) is 4.31. The van der Waals surface area contributed by atoms with Gasteiger partial charge in [0.2, 0.25) is 0 Å². The van der Waals surface area contributed by atoms with Crippen LogP contribution in [0.3, 0.4) is 0 Å². The third-order valence-corrected chi connectivity index (χ3v) is 3.68. The fraction of sp³-hybridized carbons (Fsp3) is 0.278. The van der Waals surface area contributed by atoms with Crippen molar-refractivity contribution in [2.45, 2.75) is 26.9 Å². The van der Waals surface area contributed by atoms with E-state index in [-0.39, 0.29) is 24.0 Å². The third-order valence-electron chi connectivity index (χ3n) is 3.68. The molecule has 0 aliphatic heterocycles. The van der Waals surface area contributed by atoms with E-state index in [0.29, 0.717) is 13.1 Å². The number of furan rings is 2. The van der Waals surface area contributed by atoms with Crippen molar-refractivity contribution in [1.82, 2.24) is 10.6 Å². The van der Waals surface area contributed by atoms with E-state index in [4.69, 9.17) is 8.83 Å². The largest absolute Gasteiger partial charge is 0.467 e. The van der Waals surface area contributed by atoms with Crippen LogP contribution in [-0.4, -0.2) is 12.5 Å². The second-order valence-electron chi connectivity index (χ2n) is 5.27. The topological polar surface area (TPSA) is 62.7 Å². The molecule has 0 saturated carbocycles. The second-order valence-corrected chi connectivity index (χ2v) is 5.27. The monoisotopic (exact) mass is 439 g/mol. The number of rotatable bonds is 5. The van der Waals surface area contributed by atoms with Crippen LogP contribution in [0.4, 0.5) is 0 Å². The number of aryl methyl sites for hydroxylation is 1. The second kappa shape index (κ2) is 8.77. The zero-order valence-electron chi connectivity index (χ0n) is 13.8.